The maximum absolute atomic E-state index is 12.6. The van der Waals surface area contributed by atoms with E-state index in [2.05, 4.69) is 5.32 Å². The fraction of sp³-hybridized carbons (Fsp3) is 0.316. The van der Waals surface area contributed by atoms with E-state index in [9.17, 15) is 18.0 Å². The molecule has 0 atom stereocenters. The third-order valence-electron chi connectivity index (χ3n) is 3.32. The number of rotatable bonds is 7. The van der Waals surface area contributed by atoms with E-state index in [4.69, 9.17) is 9.47 Å². The molecule has 0 aliphatic heterocycles. The molecule has 0 aliphatic carbocycles. The summed E-state index contributed by atoms with van der Waals surface area (Å²) in [6.07, 6.45) is -4.37. The van der Waals surface area contributed by atoms with Gasteiger partial charge < -0.3 is 14.8 Å². The van der Waals surface area contributed by atoms with Gasteiger partial charge in [0.2, 0.25) is 0 Å². The normalized spacial score (nSPS) is 11.3. The number of hydrogen-bond donors (Lipinski definition) is 1. The van der Waals surface area contributed by atoms with Crippen molar-refractivity contribution in [1.82, 2.24) is 5.32 Å². The minimum Gasteiger partial charge on any atom is -0.491 e. The molecule has 1 N–H and O–H groups in total. The zero-order valence-corrected chi connectivity index (χ0v) is 14.5. The van der Waals surface area contributed by atoms with E-state index in [0.29, 0.717) is 0 Å². The first-order chi connectivity index (χ1) is 12.2. The molecule has 0 heterocycles. The van der Waals surface area contributed by atoms with E-state index >= 15 is 0 Å². The highest BCUT2D eigenvalue weighted by Crippen LogP contribution is 2.31. The lowest BCUT2D eigenvalue weighted by Crippen LogP contribution is -2.28. The lowest BCUT2D eigenvalue weighted by Gasteiger charge is -2.11. The molecule has 0 spiro atoms. The summed E-state index contributed by atoms with van der Waals surface area (Å²) in [5.74, 6) is 0.304. The Kier molecular flexibility index (Phi) is 6.49. The van der Waals surface area contributed by atoms with Gasteiger partial charge in [-0.3, -0.25) is 4.79 Å². The van der Waals surface area contributed by atoms with Gasteiger partial charge in [-0.05, 0) is 49.7 Å². The average Bonchev–Trinajstić information content (AvgIpc) is 2.58. The third kappa shape index (κ3) is 6.31. The molecule has 0 unspecified atom stereocenters. The molecule has 26 heavy (non-hydrogen) atoms. The van der Waals surface area contributed by atoms with Gasteiger partial charge in [-0.1, -0.05) is 18.2 Å². The Balaban J connectivity index is 1.80. The Morgan fingerprint density at radius 2 is 1.77 bits per heavy atom. The molecule has 140 valence electrons. The van der Waals surface area contributed by atoms with Crippen LogP contribution in [0.5, 0.6) is 11.5 Å². The Morgan fingerprint density at radius 3 is 2.38 bits per heavy atom. The number of ether oxygens (including phenoxy) is 2. The predicted octanol–water partition coefficient (Wildman–Crippen LogP) is 4.19. The first kappa shape index (κ1) is 19.6. The van der Waals surface area contributed by atoms with E-state index in [-0.39, 0.29) is 25.0 Å². The standard InChI is InChI=1S/C19H20F3NO3/c1-13(2)26-16-8-6-14(7-9-16)11-23-18(24)12-25-17-5-3-4-15(10-17)19(20,21)22/h3-10,13H,11-12H2,1-2H3,(H,23,24). The van der Waals surface area contributed by atoms with Crippen LogP contribution in [-0.2, 0) is 17.5 Å². The van der Waals surface area contributed by atoms with Crippen LogP contribution in [0.2, 0.25) is 0 Å². The van der Waals surface area contributed by atoms with Gasteiger partial charge in [0.1, 0.15) is 11.5 Å². The van der Waals surface area contributed by atoms with Gasteiger partial charge in [0.05, 0.1) is 11.7 Å². The maximum Gasteiger partial charge on any atom is 0.416 e. The van der Waals surface area contributed by atoms with Crippen molar-refractivity contribution < 1.29 is 27.4 Å². The van der Waals surface area contributed by atoms with E-state index < -0.39 is 17.6 Å². The Bertz CT molecular complexity index is 728. The van der Waals surface area contributed by atoms with Crippen molar-refractivity contribution in [1.29, 1.82) is 0 Å². The van der Waals surface area contributed by atoms with Crippen molar-refractivity contribution in [3.05, 3.63) is 59.7 Å². The molecular formula is C19H20F3NO3. The number of halogens is 3. The van der Waals surface area contributed by atoms with Crippen LogP contribution in [0.1, 0.15) is 25.0 Å². The first-order valence-electron chi connectivity index (χ1n) is 8.06. The van der Waals surface area contributed by atoms with Crippen LogP contribution in [-0.4, -0.2) is 18.6 Å². The molecule has 0 saturated heterocycles. The zero-order chi connectivity index (χ0) is 19.2. The van der Waals surface area contributed by atoms with Gasteiger partial charge in [0.15, 0.2) is 6.61 Å². The Labute approximate surface area is 149 Å². The largest absolute Gasteiger partial charge is 0.491 e. The van der Waals surface area contributed by atoms with Gasteiger partial charge in [0.25, 0.3) is 5.91 Å². The van der Waals surface area contributed by atoms with Crippen molar-refractivity contribution >= 4 is 5.91 Å². The summed E-state index contributed by atoms with van der Waals surface area (Å²) in [6, 6.07) is 11.7. The Morgan fingerprint density at radius 1 is 1.08 bits per heavy atom. The molecule has 0 fully saturated rings. The molecule has 2 aromatic carbocycles. The second-order valence-electron chi connectivity index (χ2n) is 5.90. The molecule has 0 radical (unpaired) electrons. The highest BCUT2D eigenvalue weighted by molar-refractivity contribution is 5.77. The number of amides is 1. The minimum atomic E-state index is -4.45. The van der Waals surface area contributed by atoms with Crippen molar-refractivity contribution in [3.8, 4) is 11.5 Å². The highest BCUT2D eigenvalue weighted by Gasteiger charge is 2.30. The van der Waals surface area contributed by atoms with Crippen LogP contribution in [0.25, 0.3) is 0 Å². The third-order valence-corrected chi connectivity index (χ3v) is 3.32. The average molecular weight is 367 g/mol. The maximum atomic E-state index is 12.6. The monoisotopic (exact) mass is 367 g/mol. The van der Waals surface area contributed by atoms with Crippen molar-refractivity contribution in [2.45, 2.75) is 32.7 Å². The Hall–Kier alpha value is -2.70. The smallest absolute Gasteiger partial charge is 0.416 e. The number of nitrogens with one attached hydrogen (secondary N) is 1. The van der Waals surface area contributed by atoms with Crippen molar-refractivity contribution in [2.75, 3.05) is 6.61 Å². The molecule has 0 aromatic heterocycles. The van der Waals surface area contributed by atoms with Gasteiger partial charge in [-0.2, -0.15) is 13.2 Å². The molecule has 0 aliphatic rings. The van der Waals surface area contributed by atoms with Crippen molar-refractivity contribution in [3.63, 3.8) is 0 Å². The van der Waals surface area contributed by atoms with Crippen LogP contribution in [0, 0.1) is 0 Å². The summed E-state index contributed by atoms with van der Waals surface area (Å²) in [5, 5.41) is 2.65. The number of benzene rings is 2. The molecule has 7 heteroatoms. The molecule has 0 saturated carbocycles. The molecule has 2 rings (SSSR count). The van der Waals surface area contributed by atoms with Crippen LogP contribution in [0.15, 0.2) is 48.5 Å². The summed E-state index contributed by atoms with van der Waals surface area (Å²) >= 11 is 0. The topological polar surface area (TPSA) is 47.6 Å². The molecule has 0 bridgehead atoms. The summed E-state index contributed by atoms with van der Waals surface area (Å²) in [5.41, 5.74) is 0.0487. The van der Waals surface area contributed by atoms with Crippen molar-refractivity contribution in [2.24, 2.45) is 0 Å². The van der Waals surface area contributed by atoms with Crippen LogP contribution < -0.4 is 14.8 Å². The fourth-order valence-corrected chi connectivity index (χ4v) is 2.12. The number of hydrogen-bond acceptors (Lipinski definition) is 3. The van der Waals surface area contributed by atoms with Crippen LogP contribution in [0.3, 0.4) is 0 Å². The lowest BCUT2D eigenvalue weighted by atomic mass is 10.2. The summed E-state index contributed by atoms with van der Waals surface area (Å²) in [4.78, 5) is 11.8. The predicted molar refractivity (Wildman–Crippen MR) is 91.0 cm³/mol. The quantitative estimate of drug-likeness (QED) is 0.798. The highest BCUT2D eigenvalue weighted by atomic mass is 19.4. The van der Waals surface area contributed by atoms with Gasteiger partial charge in [-0.15, -0.1) is 0 Å². The van der Waals surface area contributed by atoms with E-state index in [1.807, 2.05) is 26.0 Å². The van der Waals surface area contributed by atoms with Crippen LogP contribution >= 0.6 is 0 Å². The van der Waals surface area contributed by atoms with Gasteiger partial charge in [-0.25, -0.2) is 0 Å². The molecular weight excluding hydrogens is 347 g/mol. The SMILES string of the molecule is CC(C)Oc1ccc(CNC(=O)COc2cccc(C(F)(F)F)c2)cc1. The van der Waals surface area contributed by atoms with Gasteiger partial charge in [0, 0.05) is 6.54 Å². The molecule has 1 amide bonds. The van der Waals surface area contributed by atoms with Crippen LogP contribution in [0.4, 0.5) is 13.2 Å². The van der Waals surface area contributed by atoms with Gasteiger partial charge >= 0.3 is 6.18 Å². The molecule has 2 aromatic rings. The lowest BCUT2D eigenvalue weighted by molar-refractivity contribution is -0.137. The second kappa shape index (κ2) is 8.60. The molecule has 4 nitrogen and oxygen atoms in total. The van der Waals surface area contributed by atoms with E-state index in [1.165, 1.54) is 12.1 Å². The number of carbonyl (C=O) groups is 1. The van der Waals surface area contributed by atoms with E-state index in [0.717, 1.165) is 23.4 Å². The second-order valence-corrected chi connectivity index (χ2v) is 5.90. The zero-order valence-electron chi connectivity index (χ0n) is 14.5. The first-order valence-corrected chi connectivity index (χ1v) is 8.06. The fourth-order valence-electron chi connectivity index (χ4n) is 2.12. The minimum absolute atomic E-state index is 0.00911. The van der Waals surface area contributed by atoms with E-state index in [1.54, 1.807) is 12.1 Å². The summed E-state index contributed by atoms with van der Waals surface area (Å²) < 4.78 is 48.5. The summed E-state index contributed by atoms with van der Waals surface area (Å²) in [6.45, 7) is 3.78. The number of carbonyl (C=O) groups excluding carboxylic acids is 1. The summed E-state index contributed by atoms with van der Waals surface area (Å²) in [7, 11) is 0. The number of alkyl halides is 3.